The van der Waals surface area contributed by atoms with Crippen LogP contribution in [0.4, 0.5) is 5.69 Å². The van der Waals surface area contributed by atoms with Gasteiger partial charge in [-0.3, -0.25) is 0 Å². The molecule has 0 fully saturated rings. The molecule has 1 aromatic rings. The van der Waals surface area contributed by atoms with E-state index in [1.165, 1.54) is 5.57 Å². The van der Waals surface area contributed by atoms with Gasteiger partial charge in [-0.2, -0.15) is 0 Å². The van der Waals surface area contributed by atoms with Crippen molar-refractivity contribution in [2.45, 2.75) is 13.3 Å². The van der Waals surface area contributed by atoms with Crippen molar-refractivity contribution in [1.29, 1.82) is 0 Å². The van der Waals surface area contributed by atoms with Crippen molar-refractivity contribution in [3.63, 3.8) is 0 Å². The van der Waals surface area contributed by atoms with Gasteiger partial charge in [0.05, 0.1) is 0 Å². The van der Waals surface area contributed by atoms with Crippen LogP contribution in [-0.4, -0.2) is 0 Å². The minimum absolute atomic E-state index is 0.755. The number of benzene rings is 1. The zero-order chi connectivity index (χ0) is 11.1. The fourth-order valence-corrected chi connectivity index (χ4v) is 2.35. The van der Waals surface area contributed by atoms with Crippen molar-refractivity contribution >= 4 is 11.3 Å². The maximum atomic E-state index is 12.2. The molecule has 0 unspecified atom stereocenters. The van der Waals surface area contributed by atoms with Crippen LogP contribution in [0.3, 0.4) is 0 Å². The van der Waals surface area contributed by atoms with Crippen molar-refractivity contribution in [1.82, 2.24) is 0 Å². The van der Waals surface area contributed by atoms with Crippen LogP contribution < -0.4 is 5.06 Å². The van der Waals surface area contributed by atoms with E-state index in [9.17, 15) is 5.21 Å². The third-order valence-corrected chi connectivity index (χ3v) is 3.22. The van der Waals surface area contributed by atoms with Gasteiger partial charge in [0.1, 0.15) is 0 Å². The lowest BCUT2D eigenvalue weighted by Gasteiger charge is -2.41. The molecule has 1 heterocycles. The number of fused-ring (bicyclic) bond motifs is 2. The lowest BCUT2D eigenvalue weighted by atomic mass is 9.89. The first-order valence-electron chi connectivity index (χ1n) is 5.42. The molecular weight excluding hydrogens is 198 g/mol. The van der Waals surface area contributed by atoms with Gasteiger partial charge in [-0.15, -0.1) is 0 Å². The maximum Gasteiger partial charge on any atom is 0.0380 e. The van der Waals surface area contributed by atoms with Crippen molar-refractivity contribution in [2.75, 3.05) is 5.06 Å². The Morgan fingerprint density at radius 3 is 2.94 bits per heavy atom. The van der Waals surface area contributed by atoms with Crippen LogP contribution in [0.25, 0.3) is 5.57 Å². The summed E-state index contributed by atoms with van der Waals surface area (Å²) in [5, 5.41) is 13.2. The molecule has 0 bridgehead atoms. The third kappa shape index (κ3) is 1.17. The molecule has 0 saturated carbocycles. The zero-order valence-electron chi connectivity index (χ0n) is 9.10. The number of nitrogens with zero attached hydrogens (tertiary/aromatic N) is 1. The first-order chi connectivity index (χ1) is 7.79. The standard InChI is InChI=1S/C14H12NO/c1-10-11-6-2-4-8-13(11)15(16)14-9-5-3-7-12(10)14/h2-6,8-9H,7H2,1H3/q-1. The van der Waals surface area contributed by atoms with Gasteiger partial charge < -0.3 is 10.3 Å². The Morgan fingerprint density at radius 1 is 1.25 bits per heavy atom. The molecule has 0 atom stereocenters. The van der Waals surface area contributed by atoms with Crippen LogP contribution in [0.15, 0.2) is 53.8 Å². The number of anilines is 1. The summed E-state index contributed by atoms with van der Waals surface area (Å²) in [6.07, 6.45) is 6.78. The summed E-state index contributed by atoms with van der Waals surface area (Å²) in [5.74, 6) is 0. The van der Waals surface area contributed by atoms with Crippen LogP contribution >= 0.6 is 0 Å². The van der Waals surface area contributed by atoms with Gasteiger partial charge >= 0.3 is 0 Å². The molecule has 16 heavy (non-hydrogen) atoms. The number of hydroxylamine groups is 1. The van der Waals surface area contributed by atoms with Crippen LogP contribution in [0, 0.1) is 5.21 Å². The van der Waals surface area contributed by atoms with Crippen molar-refractivity contribution in [3.05, 3.63) is 64.5 Å². The van der Waals surface area contributed by atoms with Crippen molar-refractivity contribution < 1.29 is 0 Å². The molecule has 2 aliphatic rings. The van der Waals surface area contributed by atoms with E-state index < -0.39 is 0 Å². The average molecular weight is 210 g/mol. The van der Waals surface area contributed by atoms with E-state index >= 15 is 0 Å². The van der Waals surface area contributed by atoms with Crippen LogP contribution in [-0.2, 0) is 0 Å². The van der Waals surface area contributed by atoms with E-state index in [1.807, 2.05) is 36.4 Å². The van der Waals surface area contributed by atoms with E-state index in [2.05, 4.69) is 13.0 Å². The first-order valence-corrected chi connectivity index (χ1v) is 5.42. The van der Waals surface area contributed by atoms with Crippen molar-refractivity contribution in [3.8, 4) is 0 Å². The number of hydrogen-bond donors (Lipinski definition) is 0. The Labute approximate surface area is 94.8 Å². The quantitative estimate of drug-likeness (QED) is 0.653. The second kappa shape index (κ2) is 3.35. The molecule has 1 aromatic carbocycles. The smallest absolute Gasteiger partial charge is 0.0380 e. The fraction of sp³-hybridized carbons (Fsp3) is 0.143. The number of allylic oxidation sites excluding steroid dienone is 5. The summed E-state index contributed by atoms with van der Waals surface area (Å²) in [5.41, 5.74) is 4.97. The highest BCUT2D eigenvalue weighted by molar-refractivity contribution is 5.87. The third-order valence-electron chi connectivity index (χ3n) is 3.22. The monoisotopic (exact) mass is 210 g/mol. The lowest BCUT2D eigenvalue weighted by molar-refractivity contribution is 1.07. The molecule has 0 radical (unpaired) electrons. The number of rotatable bonds is 0. The zero-order valence-corrected chi connectivity index (χ0v) is 9.10. The first kappa shape index (κ1) is 9.43. The Hall–Kier alpha value is -1.80. The van der Waals surface area contributed by atoms with Gasteiger partial charge in [0.15, 0.2) is 0 Å². The van der Waals surface area contributed by atoms with E-state index in [-0.39, 0.29) is 0 Å². The topological polar surface area (TPSA) is 26.3 Å². The highest BCUT2D eigenvalue weighted by Gasteiger charge is 2.21. The largest absolute Gasteiger partial charge is 0.754 e. The summed E-state index contributed by atoms with van der Waals surface area (Å²) in [6.45, 7) is 2.09. The van der Waals surface area contributed by atoms with Crippen molar-refractivity contribution in [2.24, 2.45) is 0 Å². The van der Waals surface area contributed by atoms with Crippen LogP contribution in [0.1, 0.15) is 18.9 Å². The van der Waals surface area contributed by atoms with E-state index in [4.69, 9.17) is 0 Å². The molecule has 0 N–H and O–H groups in total. The van der Waals surface area contributed by atoms with E-state index in [1.54, 1.807) is 0 Å². The maximum absolute atomic E-state index is 12.2. The average Bonchev–Trinajstić information content (AvgIpc) is 2.36. The van der Waals surface area contributed by atoms with Gasteiger partial charge in [0.2, 0.25) is 0 Å². The SMILES string of the molecule is CC1=C2CC=CC=C2N([O-])c2ccccc21. The highest BCUT2D eigenvalue weighted by atomic mass is 16.5. The second-order valence-corrected chi connectivity index (χ2v) is 4.10. The van der Waals surface area contributed by atoms with E-state index in [0.29, 0.717) is 0 Å². The predicted octanol–water partition coefficient (Wildman–Crippen LogP) is 3.62. The fourth-order valence-electron chi connectivity index (χ4n) is 2.35. The van der Waals surface area contributed by atoms with E-state index in [0.717, 1.165) is 34.0 Å². The molecule has 1 aliphatic heterocycles. The molecule has 0 aromatic heterocycles. The Kier molecular flexibility index (Phi) is 1.98. The van der Waals surface area contributed by atoms with Crippen LogP contribution in [0.2, 0.25) is 0 Å². The highest BCUT2D eigenvalue weighted by Crippen LogP contribution is 2.41. The molecule has 0 amide bonds. The molecule has 80 valence electrons. The van der Waals surface area contributed by atoms with Gasteiger partial charge in [-0.1, -0.05) is 30.4 Å². The molecular formula is C14H12NO-. The molecule has 0 spiro atoms. The number of hydrogen-bond acceptors (Lipinski definition) is 2. The summed E-state index contributed by atoms with van der Waals surface area (Å²) in [4.78, 5) is 0. The molecule has 1 aliphatic carbocycles. The van der Waals surface area contributed by atoms with Gasteiger partial charge in [-0.25, -0.2) is 0 Å². The molecule has 0 saturated heterocycles. The minimum Gasteiger partial charge on any atom is -0.754 e. The molecule has 3 rings (SSSR count). The summed E-state index contributed by atoms with van der Waals surface area (Å²) < 4.78 is 0. The minimum atomic E-state index is 0.755. The van der Waals surface area contributed by atoms with Gasteiger partial charge in [0.25, 0.3) is 0 Å². The summed E-state index contributed by atoms with van der Waals surface area (Å²) >= 11 is 0. The van der Waals surface area contributed by atoms with Gasteiger partial charge in [-0.05, 0) is 36.6 Å². The van der Waals surface area contributed by atoms with Crippen LogP contribution in [0.5, 0.6) is 0 Å². The molecule has 2 heteroatoms. The predicted molar refractivity (Wildman–Crippen MR) is 66.7 cm³/mol. The molecule has 2 nitrogen and oxygen atoms in total. The summed E-state index contributed by atoms with van der Waals surface area (Å²) in [7, 11) is 0. The second-order valence-electron chi connectivity index (χ2n) is 4.10. The lowest BCUT2D eigenvalue weighted by Crippen LogP contribution is -2.22. The Bertz CT molecular complexity index is 537. The number of para-hydroxylation sites is 1. The normalized spacial score (nSPS) is 18.1. The van der Waals surface area contributed by atoms with Gasteiger partial charge in [0, 0.05) is 16.9 Å². The Morgan fingerprint density at radius 2 is 2.06 bits per heavy atom. The Balaban J connectivity index is 2.29. The summed E-state index contributed by atoms with van der Waals surface area (Å²) in [6, 6.07) is 7.77.